The lowest BCUT2D eigenvalue weighted by molar-refractivity contribution is -0.00409. The van der Waals surface area contributed by atoms with E-state index >= 15 is 4.39 Å². The molecule has 1 N–H and O–H groups in total. The molecule has 1 atom stereocenters. The van der Waals surface area contributed by atoms with Crippen LogP contribution in [-0.2, 0) is 4.74 Å². The first-order valence-electron chi connectivity index (χ1n) is 9.38. The van der Waals surface area contributed by atoms with Gasteiger partial charge in [-0.1, -0.05) is 0 Å². The van der Waals surface area contributed by atoms with Gasteiger partial charge in [0.15, 0.2) is 0 Å². The maximum absolute atomic E-state index is 15.1. The third-order valence-electron chi connectivity index (χ3n) is 5.19. The van der Waals surface area contributed by atoms with E-state index in [0.29, 0.717) is 58.5 Å². The molecule has 2 aliphatic rings. The molecule has 2 fully saturated rings. The largest absolute Gasteiger partial charge is 0.465 e. The van der Waals surface area contributed by atoms with Crippen LogP contribution in [-0.4, -0.2) is 88.6 Å². The molecule has 150 valence electrons. The van der Waals surface area contributed by atoms with Crippen LogP contribution in [0.5, 0.6) is 0 Å². The van der Waals surface area contributed by atoms with Crippen molar-refractivity contribution in [2.24, 2.45) is 0 Å². The number of alkyl halides is 1. The number of carboxylic acid groups (broad SMARTS) is 1. The predicted octanol–water partition coefficient (Wildman–Crippen LogP) is 2.80. The fourth-order valence-corrected chi connectivity index (χ4v) is 3.51. The number of hydrogen-bond acceptors (Lipinski definition) is 4. The van der Waals surface area contributed by atoms with Crippen molar-refractivity contribution in [2.45, 2.75) is 64.3 Å². The number of carbonyl (C=O) groups excluding carboxylic acids is 1. The van der Waals surface area contributed by atoms with Crippen LogP contribution in [0.3, 0.4) is 0 Å². The van der Waals surface area contributed by atoms with Crippen molar-refractivity contribution in [3.8, 4) is 0 Å². The van der Waals surface area contributed by atoms with Gasteiger partial charge in [0.1, 0.15) is 11.3 Å². The summed E-state index contributed by atoms with van der Waals surface area (Å²) in [6, 6.07) is 0.0882. The first-order chi connectivity index (χ1) is 12.0. The zero-order valence-electron chi connectivity index (χ0n) is 16.3. The molecule has 8 heteroatoms. The molecule has 0 unspecified atom stereocenters. The highest BCUT2D eigenvalue weighted by atomic mass is 19.1. The Balaban J connectivity index is 1.77. The minimum atomic E-state index is -1.28. The second-order valence-corrected chi connectivity index (χ2v) is 8.48. The van der Waals surface area contributed by atoms with E-state index in [2.05, 4.69) is 4.90 Å². The van der Waals surface area contributed by atoms with Gasteiger partial charge >= 0.3 is 12.2 Å². The number of rotatable bonds is 3. The summed E-state index contributed by atoms with van der Waals surface area (Å²) in [5.41, 5.74) is -1.82. The van der Waals surface area contributed by atoms with Crippen molar-refractivity contribution in [3.63, 3.8) is 0 Å². The average Bonchev–Trinajstić information content (AvgIpc) is 2.52. The number of amides is 2. The van der Waals surface area contributed by atoms with Crippen molar-refractivity contribution in [2.75, 3.05) is 39.3 Å². The zero-order valence-corrected chi connectivity index (χ0v) is 16.3. The van der Waals surface area contributed by atoms with Crippen LogP contribution < -0.4 is 0 Å². The molecule has 0 radical (unpaired) electrons. The first kappa shape index (κ1) is 20.7. The van der Waals surface area contributed by atoms with Gasteiger partial charge in [0, 0.05) is 45.3 Å². The minimum absolute atomic E-state index is 0.0882. The molecule has 2 saturated heterocycles. The van der Waals surface area contributed by atoms with Crippen LogP contribution >= 0.6 is 0 Å². The standard InChI is InChI=1S/C18H32FN3O4/c1-14-13-22(15(23)24)12-11-20(14)8-5-18(19)6-9-21(10-7-18)16(25)26-17(2,3)4/h14H,5-13H2,1-4H3,(H,23,24)/t14-/m0/s1. The number of halogens is 1. The lowest BCUT2D eigenvalue weighted by Crippen LogP contribution is -2.54. The smallest absolute Gasteiger partial charge is 0.410 e. The summed E-state index contributed by atoms with van der Waals surface area (Å²) in [5.74, 6) is 0. The topological polar surface area (TPSA) is 73.3 Å². The van der Waals surface area contributed by atoms with E-state index in [4.69, 9.17) is 9.84 Å². The van der Waals surface area contributed by atoms with Crippen molar-refractivity contribution in [1.29, 1.82) is 0 Å². The van der Waals surface area contributed by atoms with Crippen molar-refractivity contribution in [3.05, 3.63) is 0 Å². The highest BCUT2D eigenvalue weighted by Gasteiger charge is 2.38. The van der Waals surface area contributed by atoms with Gasteiger partial charge in [-0.05, 0) is 47.0 Å². The fourth-order valence-electron chi connectivity index (χ4n) is 3.51. The van der Waals surface area contributed by atoms with Crippen molar-refractivity contribution in [1.82, 2.24) is 14.7 Å². The van der Waals surface area contributed by atoms with Gasteiger partial charge in [-0.15, -0.1) is 0 Å². The van der Waals surface area contributed by atoms with Gasteiger partial charge in [0.25, 0.3) is 0 Å². The molecule has 0 aromatic heterocycles. The van der Waals surface area contributed by atoms with Crippen LogP contribution in [0, 0.1) is 0 Å². The SMILES string of the molecule is C[C@H]1CN(C(=O)O)CCN1CCC1(F)CCN(C(=O)OC(C)(C)C)CC1. The molecule has 2 aliphatic heterocycles. The van der Waals surface area contributed by atoms with E-state index in [0.717, 1.165) is 0 Å². The van der Waals surface area contributed by atoms with Crippen molar-refractivity contribution >= 4 is 12.2 Å². The maximum Gasteiger partial charge on any atom is 0.410 e. The lowest BCUT2D eigenvalue weighted by Gasteiger charge is -2.41. The Bertz CT molecular complexity index is 515. The summed E-state index contributed by atoms with van der Waals surface area (Å²) >= 11 is 0. The Morgan fingerprint density at radius 3 is 2.27 bits per heavy atom. The molecule has 0 bridgehead atoms. The normalized spacial score (nSPS) is 24.4. The second kappa shape index (κ2) is 7.98. The minimum Gasteiger partial charge on any atom is -0.465 e. The van der Waals surface area contributed by atoms with Gasteiger partial charge in [-0.3, -0.25) is 4.90 Å². The van der Waals surface area contributed by atoms with E-state index in [1.165, 1.54) is 4.90 Å². The van der Waals surface area contributed by atoms with E-state index in [9.17, 15) is 9.59 Å². The zero-order chi connectivity index (χ0) is 19.5. The van der Waals surface area contributed by atoms with E-state index in [1.54, 1.807) is 4.90 Å². The molecule has 0 spiro atoms. The second-order valence-electron chi connectivity index (χ2n) is 8.48. The monoisotopic (exact) mass is 373 g/mol. The van der Waals surface area contributed by atoms with Crippen LogP contribution in [0.2, 0.25) is 0 Å². The number of likely N-dealkylation sites (tertiary alicyclic amines) is 1. The molecule has 0 saturated carbocycles. The number of carbonyl (C=O) groups is 2. The van der Waals surface area contributed by atoms with Crippen LogP contribution in [0.4, 0.5) is 14.0 Å². The average molecular weight is 373 g/mol. The first-order valence-corrected chi connectivity index (χ1v) is 9.38. The third kappa shape index (κ3) is 5.72. The number of piperidine rings is 1. The van der Waals surface area contributed by atoms with E-state index in [-0.39, 0.29) is 12.1 Å². The summed E-state index contributed by atoms with van der Waals surface area (Å²) < 4.78 is 20.5. The van der Waals surface area contributed by atoms with Gasteiger partial charge in [0.05, 0.1) is 0 Å². The molecular weight excluding hydrogens is 341 g/mol. The van der Waals surface area contributed by atoms with Gasteiger partial charge < -0.3 is 19.6 Å². The number of hydrogen-bond donors (Lipinski definition) is 1. The van der Waals surface area contributed by atoms with Crippen LogP contribution in [0.15, 0.2) is 0 Å². The summed E-state index contributed by atoms with van der Waals surface area (Å²) in [6.07, 6.45) is -0.233. The Morgan fingerprint density at radius 2 is 1.77 bits per heavy atom. The third-order valence-corrected chi connectivity index (χ3v) is 5.19. The Labute approximate surface area is 155 Å². The van der Waals surface area contributed by atoms with Crippen LogP contribution in [0.25, 0.3) is 0 Å². The molecular formula is C18H32FN3O4. The Hall–Kier alpha value is -1.57. The van der Waals surface area contributed by atoms with Gasteiger partial charge in [0.2, 0.25) is 0 Å². The molecule has 26 heavy (non-hydrogen) atoms. The quantitative estimate of drug-likeness (QED) is 0.823. The number of ether oxygens (including phenoxy) is 1. The molecule has 7 nitrogen and oxygen atoms in total. The van der Waals surface area contributed by atoms with E-state index < -0.39 is 17.4 Å². The number of piperazine rings is 1. The predicted molar refractivity (Wildman–Crippen MR) is 96.1 cm³/mol. The number of nitrogens with zero attached hydrogens (tertiary/aromatic N) is 3. The van der Waals surface area contributed by atoms with Crippen LogP contribution in [0.1, 0.15) is 47.0 Å². The van der Waals surface area contributed by atoms with Gasteiger partial charge in [-0.25, -0.2) is 14.0 Å². The molecule has 0 aliphatic carbocycles. The molecule has 2 amide bonds. The summed E-state index contributed by atoms with van der Waals surface area (Å²) in [4.78, 5) is 28.3. The summed E-state index contributed by atoms with van der Waals surface area (Å²) in [7, 11) is 0. The molecule has 2 rings (SSSR count). The highest BCUT2D eigenvalue weighted by molar-refractivity contribution is 5.68. The molecule has 2 heterocycles. The van der Waals surface area contributed by atoms with Gasteiger partial charge in [-0.2, -0.15) is 0 Å². The lowest BCUT2D eigenvalue weighted by atomic mass is 9.89. The Kier molecular flexibility index (Phi) is 6.37. The van der Waals surface area contributed by atoms with Crippen molar-refractivity contribution < 1.29 is 23.8 Å². The summed E-state index contributed by atoms with van der Waals surface area (Å²) in [6.45, 7) is 10.3. The highest BCUT2D eigenvalue weighted by Crippen LogP contribution is 2.31. The Morgan fingerprint density at radius 1 is 1.15 bits per heavy atom. The molecule has 0 aromatic rings. The summed E-state index contributed by atoms with van der Waals surface area (Å²) in [5, 5.41) is 9.06. The fraction of sp³-hybridized carbons (Fsp3) is 0.889. The maximum atomic E-state index is 15.1. The van der Waals surface area contributed by atoms with E-state index in [1.807, 2.05) is 27.7 Å². The molecule has 0 aromatic carbocycles.